The average molecular weight is 249 g/mol. The molecule has 4 heteroatoms. The molecule has 0 saturated heterocycles. The number of anilines is 2. The minimum absolute atomic E-state index is 0.112. The zero-order valence-electron chi connectivity index (χ0n) is 11.2. The van der Waals surface area contributed by atoms with Crippen molar-refractivity contribution in [2.45, 2.75) is 33.1 Å². The summed E-state index contributed by atoms with van der Waals surface area (Å²) in [6.45, 7) is 5.10. The van der Waals surface area contributed by atoms with Crippen LogP contribution in [0.1, 0.15) is 43.5 Å². The highest BCUT2D eigenvalue weighted by Gasteiger charge is 2.06. The molecule has 5 N–H and O–H groups in total. The minimum atomic E-state index is -0.112. The maximum Gasteiger partial charge on any atom is 0.251 e. The molecular formula is C14H23N3O. The number of hydrogen-bond donors (Lipinski definition) is 3. The van der Waals surface area contributed by atoms with Crippen LogP contribution in [0.25, 0.3) is 0 Å². The van der Waals surface area contributed by atoms with E-state index in [1.807, 2.05) is 0 Å². The quantitative estimate of drug-likeness (QED) is 0.535. The molecule has 0 aliphatic rings. The fourth-order valence-corrected chi connectivity index (χ4v) is 1.79. The Morgan fingerprint density at radius 3 is 2.33 bits per heavy atom. The molecule has 1 aromatic carbocycles. The van der Waals surface area contributed by atoms with Crippen molar-refractivity contribution in [3.8, 4) is 0 Å². The number of hydrogen-bond acceptors (Lipinski definition) is 3. The van der Waals surface area contributed by atoms with Crippen molar-refractivity contribution >= 4 is 17.3 Å². The second kappa shape index (κ2) is 6.89. The van der Waals surface area contributed by atoms with E-state index >= 15 is 0 Å². The third kappa shape index (κ3) is 5.08. The fourth-order valence-electron chi connectivity index (χ4n) is 1.79. The lowest BCUT2D eigenvalue weighted by atomic mass is 10.1. The van der Waals surface area contributed by atoms with E-state index in [4.69, 9.17) is 11.5 Å². The molecule has 18 heavy (non-hydrogen) atoms. The van der Waals surface area contributed by atoms with Gasteiger partial charge in [0.1, 0.15) is 0 Å². The lowest BCUT2D eigenvalue weighted by Gasteiger charge is -2.08. The van der Waals surface area contributed by atoms with Crippen LogP contribution in [0, 0.1) is 5.92 Å². The third-order valence-corrected chi connectivity index (χ3v) is 2.73. The number of rotatable bonds is 6. The number of carbonyl (C=O) groups excluding carboxylic acids is 1. The SMILES string of the molecule is CC(C)CCCCNC(=O)c1cc(N)cc(N)c1. The van der Waals surface area contributed by atoms with Crippen molar-refractivity contribution in [2.75, 3.05) is 18.0 Å². The van der Waals surface area contributed by atoms with Crippen molar-refractivity contribution in [1.29, 1.82) is 0 Å². The molecule has 0 spiro atoms. The zero-order valence-corrected chi connectivity index (χ0v) is 11.2. The molecule has 4 nitrogen and oxygen atoms in total. The van der Waals surface area contributed by atoms with Crippen LogP contribution in [0.5, 0.6) is 0 Å². The van der Waals surface area contributed by atoms with Crippen LogP contribution in [0.3, 0.4) is 0 Å². The summed E-state index contributed by atoms with van der Waals surface area (Å²) < 4.78 is 0. The van der Waals surface area contributed by atoms with Gasteiger partial charge in [-0.2, -0.15) is 0 Å². The smallest absolute Gasteiger partial charge is 0.251 e. The van der Waals surface area contributed by atoms with Gasteiger partial charge in [0, 0.05) is 23.5 Å². The Balaban J connectivity index is 2.36. The van der Waals surface area contributed by atoms with Gasteiger partial charge >= 0.3 is 0 Å². The van der Waals surface area contributed by atoms with Crippen molar-refractivity contribution in [1.82, 2.24) is 5.32 Å². The summed E-state index contributed by atoms with van der Waals surface area (Å²) in [5, 5.41) is 2.88. The third-order valence-electron chi connectivity index (χ3n) is 2.73. The molecule has 0 saturated carbocycles. The average Bonchev–Trinajstić information content (AvgIpc) is 2.26. The number of nitrogens with two attached hydrogens (primary N) is 2. The van der Waals surface area contributed by atoms with E-state index in [1.54, 1.807) is 18.2 Å². The topological polar surface area (TPSA) is 81.1 Å². The van der Waals surface area contributed by atoms with Gasteiger partial charge in [0.05, 0.1) is 0 Å². The molecule has 1 rings (SSSR count). The van der Waals surface area contributed by atoms with Gasteiger partial charge in [0.15, 0.2) is 0 Å². The predicted molar refractivity (Wildman–Crippen MR) is 76.3 cm³/mol. The first-order valence-corrected chi connectivity index (χ1v) is 6.43. The van der Waals surface area contributed by atoms with Gasteiger partial charge in [-0.3, -0.25) is 4.79 Å². The molecule has 0 atom stereocenters. The maximum absolute atomic E-state index is 11.8. The summed E-state index contributed by atoms with van der Waals surface area (Å²) in [6.07, 6.45) is 3.33. The summed E-state index contributed by atoms with van der Waals surface area (Å²) in [7, 11) is 0. The Kier molecular flexibility index (Phi) is 5.49. The summed E-state index contributed by atoms with van der Waals surface area (Å²) in [6, 6.07) is 4.92. The standard InChI is InChI=1S/C14H23N3O/c1-10(2)5-3-4-6-17-14(18)11-7-12(15)9-13(16)8-11/h7-10H,3-6,15-16H2,1-2H3,(H,17,18). The number of benzene rings is 1. The van der Waals surface area contributed by atoms with E-state index in [0.717, 1.165) is 18.8 Å². The van der Waals surface area contributed by atoms with E-state index in [-0.39, 0.29) is 5.91 Å². The van der Waals surface area contributed by atoms with E-state index in [2.05, 4.69) is 19.2 Å². The molecule has 0 radical (unpaired) electrons. The van der Waals surface area contributed by atoms with Crippen LogP contribution in [-0.4, -0.2) is 12.5 Å². The summed E-state index contributed by atoms with van der Waals surface area (Å²) in [5.74, 6) is 0.605. The van der Waals surface area contributed by atoms with Gasteiger partial charge in [-0.1, -0.05) is 26.7 Å². The Labute approximate surface area is 109 Å². The van der Waals surface area contributed by atoms with Crippen LogP contribution in [0.2, 0.25) is 0 Å². The van der Waals surface area contributed by atoms with Gasteiger partial charge in [-0.05, 0) is 30.5 Å². The maximum atomic E-state index is 11.8. The van der Waals surface area contributed by atoms with E-state index in [9.17, 15) is 4.79 Å². The minimum Gasteiger partial charge on any atom is -0.399 e. The Morgan fingerprint density at radius 2 is 1.78 bits per heavy atom. The van der Waals surface area contributed by atoms with Crippen molar-refractivity contribution < 1.29 is 4.79 Å². The van der Waals surface area contributed by atoms with Gasteiger partial charge in [0.2, 0.25) is 0 Å². The highest BCUT2D eigenvalue weighted by atomic mass is 16.1. The van der Waals surface area contributed by atoms with E-state index < -0.39 is 0 Å². The molecule has 0 aromatic heterocycles. The highest BCUT2D eigenvalue weighted by molar-refractivity contribution is 5.96. The number of unbranched alkanes of at least 4 members (excludes halogenated alkanes) is 1. The summed E-state index contributed by atoms with van der Waals surface area (Å²) >= 11 is 0. The molecule has 100 valence electrons. The van der Waals surface area contributed by atoms with Crippen LogP contribution in [0.15, 0.2) is 18.2 Å². The van der Waals surface area contributed by atoms with Crippen LogP contribution in [0.4, 0.5) is 11.4 Å². The molecular weight excluding hydrogens is 226 g/mol. The van der Waals surface area contributed by atoms with E-state index in [1.165, 1.54) is 6.42 Å². The monoisotopic (exact) mass is 249 g/mol. The van der Waals surface area contributed by atoms with Crippen LogP contribution >= 0.6 is 0 Å². The number of carbonyl (C=O) groups is 1. The molecule has 0 aliphatic carbocycles. The number of nitrogens with one attached hydrogen (secondary N) is 1. The van der Waals surface area contributed by atoms with Gasteiger partial charge in [-0.25, -0.2) is 0 Å². The molecule has 0 aliphatic heterocycles. The Bertz CT molecular complexity index is 382. The lowest BCUT2D eigenvalue weighted by Crippen LogP contribution is -2.24. The fraction of sp³-hybridized carbons (Fsp3) is 0.500. The van der Waals surface area contributed by atoms with Gasteiger partial charge < -0.3 is 16.8 Å². The summed E-state index contributed by atoms with van der Waals surface area (Å²) in [4.78, 5) is 11.8. The van der Waals surface area contributed by atoms with Crippen LogP contribution in [-0.2, 0) is 0 Å². The molecule has 0 fully saturated rings. The first-order chi connectivity index (χ1) is 8.49. The molecule has 1 aromatic rings. The second-order valence-electron chi connectivity index (χ2n) is 5.03. The number of amides is 1. The first kappa shape index (κ1) is 14.4. The lowest BCUT2D eigenvalue weighted by molar-refractivity contribution is 0.0953. The Hall–Kier alpha value is -1.71. The summed E-state index contributed by atoms with van der Waals surface area (Å²) in [5.41, 5.74) is 12.8. The van der Waals surface area contributed by atoms with Crippen LogP contribution < -0.4 is 16.8 Å². The van der Waals surface area contributed by atoms with Crippen molar-refractivity contribution in [3.05, 3.63) is 23.8 Å². The highest BCUT2D eigenvalue weighted by Crippen LogP contribution is 2.13. The zero-order chi connectivity index (χ0) is 13.5. The normalized spacial score (nSPS) is 10.6. The van der Waals surface area contributed by atoms with Gasteiger partial charge in [-0.15, -0.1) is 0 Å². The molecule has 0 bridgehead atoms. The predicted octanol–water partition coefficient (Wildman–Crippen LogP) is 2.41. The largest absolute Gasteiger partial charge is 0.399 e. The first-order valence-electron chi connectivity index (χ1n) is 6.43. The molecule has 0 unspecified atom stereocenters. The van der Waals surface area contributed by atoms with E-state index in [0.29, 0.717) is 23.5 Å². The second-order valence-corrected chi connectivity index (χ2v) is 5.03. The molecule has 1 amide bonds. The Morgan fingerprint density at radius 1 is 1.17 bits per heavy atom. The molecule has 0 heterocycles. The van der Waals surface area contributed by atoms with Gasteiger partial charge in [0.25, 0.3) is 5.91 Å². The number of nitrogen functional groups attached to an aromatic ring is 2. The van der Waals surface area contributed by atoms with Crippen molar-refractivity contribution in [2.24, 2.45) is 5.92 Å². The van der Waals surface area contributed by atoms with Crippen molar-refractivity contribution in [3.63, 3.8) is 0 Å².